The Hall–Kier alpha value is -2.69. The van der Waals surface area contributed by atoms with Gasteiger partial charge < -0.3 is 15.8 Å². The third-order valence-electron chi connectivity index (χ3n) is 4.78. The molecule has 3 rings (SSSR count). The van der Waals surface area contributed by atoms with Crippen LogP contribution in [-0.2, 0) is 29.7 Å². The van der Waals surface area contributed by atoms with Gasteiger partial charge in [-0.05, 0) is 29.3 Å². The minimum absolute atomic E-state index is 0.135. The van der Waals surface area contributed by atoms with Crippen molar-refractivity contribution >= 4 is 21.9 Å². The van der Waals surface area contributed by atoms with E-state index in [2.05, 4.69) is 10.3 Å². The summed E-state index contributed by atoms with van der Waals surface area (Å²) in [6, 6.07) is 9.01. The molecule has 0 bridgehead atoms. The molecule has 156 valence electrons. The normalized spacial score (nSPS) is 14.5. The Morgan fingerprint density at radius 2 is 2.10 bits per heavy atom. The van der Waals surface area contributed by atoms with E-state index in [4.69, 9.17) is 10.5 Å². The number of benzene rings is 1. The standard InChI is InChI=1S/C19H25N5O4S/c1-23(2)29(26,27)24-8-7-17-14(12-24)10-16(18(20)22-17)19(25)21-11-13-5-4-6-15(9-13)28-3/h4-6,9-10H,7-8,11-12H2,1-3H3,(H2,20,22)(H,21,25). The van der Waals surface area contributed by atoms with Crippen LogP contribution in [0.2, 0.25) is 0 Å². The van der Waals surface area contributed by atoms with Crippen LogP contribution < -0.4 is 15.8 Å². The maximum absolute atomic E-state index is 12.7. The van der Waals surface area contributed by atoms with Gasteiger partial charge in [-0.1, -0.05) is 12.1 Å². The molecule has 0 spiro atoms. The Bertz CT molecular complexity index is 1020. The quantitative estimate of drug-likeness (QED) is 0.714. The number of nitrogens with zero attached hydrogens (tertiary/aromatic N) is 3. The van der Waals surface area contributed by atoms with Crippen molar-refractivity contribution in [2.75, 3.05) is 33.5 Å². The third kappa shape index (κ3) is 4.50. The Morgan fingerprint density at radius 3 is 2.79 bits per heavy atom. The molecule has 0 fully saturated rings. The van der Waals surface area contributed by atoms with Crippen molar-refractivity contribution in [1.82, 2.24) is 18.9 Å². The second kappa shape index (κ2) is 8.36. The van der Waals surface area contributed by atoms with Gasteiger partial charge in [0.05, 0.1) is 12.7 Å². The number of hydrogen-bond acceptors (Lipinski definition) is 6. The fourth-order valence-electron chi connectivity index (χ4n) is 3.13. The number of nitrogens with one attached hydrogen (secondary N) is 1. The first-order chi connectivity index (χ1) is 13.7. The van der Waals surface area contributed by atoms with Gasteiger partial charge in [0, 0.05) is 45.8 Å². The molecule has 29 heavy (non-hydrogen) atoms. The number of fused-ring (bicyclic) bond motifs is 1. The van der Waals surface area contributed by atoms with Crippen LogP contribution in [0.1, 0.15) is 27.2 Å². The van der Waals surface area contributed by atoms with Crippen LogP contribution in [-0.4, -0.2) is 55.7 Å². The van der Waals surface area contributed by atoms with Gasteiger partial charge in [0.2, 0.25) is 0 Å². The number of pyridine rings is 1. The average molecular weight is 420 g/mol. The van der Waals surface area contributed by atoms with E-state index < -0.39 is 10.2 Å². The first-order valence-corrected chi connectivity index (χ1v) is 10.5. The highest BCUT2D eigenvalue weighted by atomic mass is 32.2. The Morgan fingerprint density at radius 1 is 1.34 bits per heavy atom. The minimum atomic E-state index is -3.54. The summed E-state index contributed by atoms with van der Waals surface area (Å²) in [4.78, 5) is 17.0. The molecule has 0 saturated heterocycles. The highest BCUT2D eigenvalue weighted by Gasteiger charge is 2.30. The van der Waals surface area contributed by atoms with Gasteiger partial charge in [-0.15, -0.1) is 0 Å². The molecular formula is C19H25N5O4S. The molecule has 3 N–H and O–H groups in total. The van der Waals surface area contributed by atoms with Crippen LogP contribution >= 0.6 is 0 Å². The largest absolute Gasteiger partial charge is 0.497 e. The van der Waals surface area contributed by atoms with E-state index in [1.54, 1.807) is 13.2 Å². The van der Waals surface area contributed by atoms with Crippen molar-refractivity contribution in [3.63, 3.8) is 0 Å². The van der Waals surface area contributed by atoms with Crippen molar-refractivity contribution < 1.29 is 17.9 Å². The Balaban J connectivity index is 1.78. The molecular weight excluding hydrogens is 394 g/mol. The molecule has 9 nitrogen and oxygen atoms in total. The first-order valence-electron chi connectivity index (χ1n) is 9.09. The lowest BCUT2D eigenvalue weighted by Gasteiger charge is -2.30. The van der Waals surface area contributed by atoms with E-state index >= 15 is 0 Å². The summed E-state index contributed by atoms with van der Waals surface area (Å²) in [6.45, 7) is 0.772. The van der Waals surface area contributed by atoms with Crippen molar-refractivity contribution in [2.24, 2.45) is 0 Å². The molecule has 0 atom stereocenters. The zero-order valence-electron chi connectivity index (χ0n) is 16.7. The molecule has 0 saturated carbocycles. The van der Waals surface area contributed by atoms with Crippen molar-refractivity contribution in [3.05, 3.63) is 52.7 Å². The topological polar surface area (TPSA) is 118 Å². The lowest BCUT2D eigenvalue weighted by molar-refractivity contribution is 0.0951. The Labute approximate surface area is 170 Å². The fourth-order valence-corrected chi connectivity index (χ4v) is 4.22. The molecule has 0 aliphatic carbocycles. The molecule has 2 heterocycles. The van der Waals surface area contributed by atoms with E-state index in [1.165, 1.54) is 22.7 Å². The maximum Gasteiger partial charge on any atom is 0.281 e. The predicted octanol–water partition coefficient (Wildman–Crippen LogP) is 0.767. The van der Waals surface area contributed by atoms with Crippen LogP contribution in [0, 0.1) is 0 Å². The van der Waals surface area contributed by atoms with Crippen LogP contribution in [0.15, 0.2) is 30.3 Å². The van der Waals surface area contributed by atoms with Gasteiger partial charge in [-0.25, -0.2) is 4.98 Å². The zero-order valence-corrected chi connectivity index (χ0v) is 17.5. The molecule has 10 heteroatoms. The van der Waals surface area contributed by atoms with Crippen LogP contribution in [0.4, 0.5) is 5.82 Å². The molecule has 2 aromatic rings. The molecule has 1 aliphatic rings. The fraction of sp³-hybridized carbons (Fsp3) is 0.368. The van der Waals surface area contributed by atoms with Crippen LogP contribution in [0.5, 0.6) is 5.75 Å². The second-order valence-corrected chi connectivity index (χ2v) is 9.08. The number of carbonyl (C=O) groups excluding carboxylic acids is 1. The number of methoxy groups -OCH3 is 1. The van der Waals surface area contributed by atoms with Gasteiger partial charge in [0.1, 0.15) is 11.6 Å². The van der Waals surface area contributed by atoms with Crippen molar-refractivity contribution in [1.29, 1.82) is 0 Å². The number of aromatic nitrogens is 1. The van der Waals surface area contributed by atoms with Crippen molar-refractivity contribution in [2.45, 2.75) is 19.5 Å². The summed E-state index contributed by atoms with van der Waals surface area (Å²) in [5.41, 5.74) is 8.51. The highest BCUT2D eigenvalue weighted by Crippen LogP contribution is 2.24. The molecule has 0 unspecified atom stereocenters. The van der Waals surface area contributed by atoms with Crippen LogP contribution in [0.3, 0.4) is 0 Å². The summed E-state index contributed by atoms with van der Waals surface area (Å²) >= 11 is 0. The molecule has 1 aromatic heterocycles. The number of anilines is 1. The highest BCUT2D eigenvalue weighted by molar-refractivity contribution is 7.86. The van der Waals surface area contributed by atoms with Gasteiger partial charge in [0.15, 0.2) is 0 Å². The predicted molar refractivity (Wildman–Crippen MR) is 110 cm³/mol. The number of rotatable bonds is 6. The smallest absolute Gasteiger partial charge is 0.281 e. The lowest BCUT2D eigenvalue weighted by Crippen LogP contribution is -2.43. The summed E-state index contributed by atoms with van der Waals surface area (Å²) in [5.74, 6) is 0.470. The molecule has 1 aliphatic heterocycles. The summed E-state index contributed by atoms with van der Waals surface area (Å²) < 4.78 is 32.5. The maximum atomic E-state index is 12.7. The summed E-state index contributed by atoms with van der Waals surface area (Å²) in [7, 11) is 1.02. The number of hydrogen-bond donors (Lipinski definition) is 2. The number of nitrogens with two attached hydrogens (primary N) is 1. The van der Waals surface area contributed by atoms with E-state index in [0.29, 0.717) is 30.8 Å². The second-order valence-electron chi connectivity index (χ2n) is 6.93. The van der Waals surface area contributed by atoms with E-state index in [0.717, 1.165) is 11.3 Å². The molecule has 0 radical (unpaired) electrons. The number of ether oxygens (including phenoxy) is 1. The van der Waals surface area contributed by atoms with Gasteiger partial charge in [0.25, 0.3) is 16.1 Å². The molecule has 1 aromatic carbocycles. The first kappa shape index (κ1) is 21.0. The number of carbonyl (C=O) groups is 1. The summed E-state index contributed by atoms with van der Waals surface area (Å²) in [5, 5.41) is 2.82. The minimum Gasteiger partial charge on any atom is -0.497 e. The lowest BCUT2D eigenvalue weighted by atomic mass is 10.0. The zero-order chi connectivity index (χ0) is 21.2. The van der Waals surface area contributed by atoms with Crippen molar-refractivity contribution in [3.8, 4) is 5.75 Å². The SMILES string of the molecule is COc1cccc(CNC(=O)c2cc3c(nc2N)CCN(S(=O)(=O)N(C)C)C3)c1. The van der Waals surface area contributed by atoms with E-state index in [1.807, 2.05) is 24.3 Å². The van der Waals surface area contributed by atoms with Crippen LogP contribution in [0.25, 0.3) is 0 Å². The number of amides is 1. The van der Waals surface area contributed by atoms with Gasteiger partial charge >= 0.3 is 0 Å². The monoisotopic (exact) mass is 419 g/mol. The Kier molecular flexibility index (Phi) is 6.06. The molecule has 1 amide bonds. The average Bonchev–Trinajstić information content (AvgIpc) is 2.71. The third-order valence-corrected chi connectivity index (χ3v) is 6.67. The summed E-state index contributed by atoms with van der Waals surface area (Å²) in [6.07, 6.45) is 0.443. The number of nitrogen functional groups attached to an aromatic ring is 1. The van der Waals surface area contributed by atoms with Gasteiger partial charge in [-0.2, -0.15) is 17.0 Å². The van der Waals surface area contributed by atoms with E-state index in [9.17, 15) is 13.2 Å². The van der Waals surface area contributed by atoms with E-state index in [-0.39, 0.29) is 23.8 Å². The van der Waals surface area contributed by atoms with Gasteiger partial charge in [-0.3, -0.25) is 4.79 Å².